The van der Waals surface area contributed by atoms with Gasteiger partial charge < -0.3 is 0 Å². The van der Waals surface area contributed by atoms with Gasteiger partial charge in [-0.1, -0.05) is 30.3 Å². The molecule has 0 fully saturated rings. The number of rotatable bonds is 5. The van der Waals surface area contributed by atoms with Crippen LogP contribution in [0.3, 0.4) is 0 Å². The van der Waals surface area contributed by atoms with Gasteiger partial charge in [0.05, 0.1) is 5.75 Å². The molecule has 0 aliphatic carbocycles. The predicted molar refractivity (Wildman–Crippen MR) is 62.2 cm³/mol. The monoisotopic (exact) mass is 245 g/mol. The van der Waals surface area contributed by atoms with Gasteiger partial charge in [0, 0.05) is 6.04 Å². The molecule has 0 aliphatic heterocycles. The number of alkyl halides is 1. The van der Waals surface area contributed by atoms with Crippen LogP contribution in [0.4, 0.5) is 4.39 Å². The zero-order chi connectivity index (χ0) is 12.2. The minimum Gasteiger partial charge on any atom is -0.246 e. The number of benzene rings is 1. The Hall–Kier alpha value is -0.940. The Kier molecular flexibility index (Phi) is 4.44. The van der Waals surface area contributed by atoms with Gasteiger partial charge in [-0.3, -0.25) is 0 Å². The molecule has 0 amide bonds. The Morgan fingerprint density at radius 2 is 1.81 bits per heavy atom. The van der Waals surface area contributed by atoms with Crippen LogP contribution in [0, 0.1) is 0 Å². The van der Waals surface area contributed by atoms with Gasteiger partial charge in [0.25, 0.3) is 0 Å². The SMILES string of the molecule is CC(F)[C@H](C)NS(=O)(=O)Cc1ccccc1. The summed E-state index contributed by atoms with van der Waals surface area (Å²) in [5.41, 5.74) is 0.689. The van der Waals surface area contributed by atoms with E-state index in [9.17, 15) is 12.8 Å². The molecule has 0 aromatic heterocycles. The van der Waals surface area contributed by atoms with Crippen molar-refractivity contribution in [2.45, 2.75) is 31.8 Å². The van der Waals surface area contributed by atoms with E-state index < -0.39 is 22.2 Å². The van der Waals surface area contributed by atoms with E-state index in [1.165, 1.54) is 13.8 Å². The van der Waals surface area contributed by atoms with Gasteiger partial charge in [-0.2, -0.15) is 0 Å². The van der Waals surface area contributed by atoms with Gasteiger partial charge in [0.1, 0.15) is 6.17 Å². The summed E-state index contributed by atoms with van der Waals surface area (Å²) in [5, 5.41) is 0. The maximum atomic E-state index is 12.8. The molecule has 1 rings (SSSR count). The molecule has 1 aromatic carbocycles. The smallest absolute Gasteiger partial charge is 0.216 e. The van der Waals surface area contributed by atoms with E-state index in [1.807, 2.05) is 6.07 Å². The average molecular weight is 245 g/mol. The highest BCUT2D eigenvalue weighted by Crippen LogP contribution is 2.06. The third-order valence-electron chi connectivity index (χ3n) is 2.25. The van der Waals surface area contributed by atoms with E-state index in [0.717, 1.165) is 0 Å². The number of hydrogen-bond donors (Lipinski definition) is 1. The Morgan fingerprint density at radius 1 is 1.25 bits per heavy atom. The molecule has 0 radical (unpaired) electrons. The van der Waals surface area contributed by atoms with Crippen molar-refractivity contribution in [3.8, 4) is 0 Å². The second-order valence-corrected chi connectivity index (χ2v) is 5.58. The molecule has 5 heteroatoms. The predicted octanol–water partition coefficient (Wildman–Crippen LogP) is 1.85. The minimum absolute atomic E-state index is 0.120. The van der Waals surface area contributed by atoms with Crippen LogP contribution >= 0.6 is 0 Å². The van der Waals surface area contributed by atoms with Crippen molar-refractivity contribution >= 4 is 10.0 Å². The van der Waals surface area contributed by atoms with Gasteiger partial charge in [-0.15, -0.1) is 0 Å². The van der Waals surface area contributed by atoms with Crippen LogP contribution in [-0.4, -0.2) is 20.6 Å². The molecule has 90 valence electrons. The lowest BCUT2D eigenvalue weighted by atomic mass is 10.2. The number of sulfonamides is 1. The summed E-state index contributed by atoms with van der Waals surface area (Å²) in [6, 6.07) is 8.10. The topological polar surface area (TPSA) is 46.2 Å². The zero-order valence-electron chi connectivity index (χ0n) is 9.35. The first kappa shape index (κ1) is 13.1. The summed E-state index contributed by atoms with van der Waals surface area (Å²) in [5.74, 6) is -0.120. The molecule has 1 aromatic rings. The standard InChI is InChI=1S/C11H16FNO2S/c1-9(12)10(2)13-16(14,15)8-11-6-4-3-5-7-11/h3-7,9-10,13H,8H2,1-2H3/t9?,10-/m0/s1. The summed E-state index contributed by atoms with van der Waals surface area (Å²) >= 11 is 0. The van der Waals surface area contributed by atoms with Crippen LogP contribution in [0.1, 0.15) is 19.4 Å². The van der Waals surface area contributed by atoms with Crippen molar-refractivity contribution in [3.05, 3.63) is 35.9 Å². The minimum atomic E-state index is -3.47. The molecule has 0 saturated carbocycles. The number of nitrogens with one attached hydrogen (secondary N) is 1. The van der Waals surface area contributed by atoms with Crippen molar-refractivity contribution in [1.82, 2.24) is 4.72 Å². The number of halogens is 1. The normalized spacial score (nSPS) is 15.7. The number of hydrogen-bond acceptors (Lipinski definition) is 2. The third kappa shape index (κ3) is 4.28. The molecule has 1 N–H and O–H groups in total. The van der Waals surface area contributed by atoms with E-state index in [-0.39, 0.29) is 5.75 Å². The van der Waals surface area contributed by atoms with Gasteiger partial charge in [-0.25, -0.2) is 17.5 Å². The van der Waals surface area contributed by atoms with Crippen LogP contribution in [-0.2, 0) is 15.8 Å². The summed E-state index contributed by atoms with van der Waals surface area (Å²) < 4.78 is 38.4. The third-order valence-corrected chi connectivity index (χ3v) is 3.70. The lowest BCUT2D eigenvalue weighted by Crippen LogP contribution is -2.38. The highest BCUT2D eigenvalue weighted by molar-refractivity contribution is 7.88. The van der Waals surface area contributed by atoms with E-state index in [0.29, 0.717) is 5.56 Å². The molecule has 0 saturated heterocycles. The van der Waals surface area contributed by atoms with Crippen LogP contribution in [0.5, 0.6) is 0 Å². The molecule has 0 spiro atoms. The maximum Gasteiger partial charge on any atom is 0.216 e. The van der Waals surface area contributed by atoms with Gasteiger partial charge in [0.15, 0.2) is 0 Å². The molecule has 0 heterocycles. The molecule has 0 aliphatic rings. The van der Waals surface area contributed by atoms with E-state index in [2.05, 4.69) is 4.72 Å². The first-order valence-electron chi connectivity index (χ1n) is 5.09. The summed E-state index contributed by atoms with van der Waals surface area (Å²) in [6.45, 7) is 2.84. The van der Waals surface area contributed by atoms with Crippen molar-refractivity contribution in [3.63, 3.8) is 0 Å². The highest BCUT2D eigenvalue weighted by atomic mass is 32.2. The molecular weight excluding hydrogens is 229 g/mol. The second kappa shape index (κ2) is 5.41. The van der Waals surface area contributed by atoms with Gasteiger partial charge >= 0.3 is 0 Å². The Labute approximate surface area is 95.7 Å². The fourth-order valence-corrected chi connectivity index (χ4v) is 2.68. The fraction of sp³-hybridized carbons (Fsp3) is 0.455. The summed E-state index contributed by atoms with van der Waals surface area (Å²) in [7, 11) is -3.47. The molecule has 16 heavy (non-hydrogen) atoms. The second-order valence-electron chi connectivity index (χ2n) is 3.83. The van der Waals surface area contributed by atoms with Crippen molar-refractivity contribution < 1.29 is 12.8 Å². The molecule has 0 bridgehead atoms. The van der Waals surface area contributed by atoms with Crippen LogP contribution in [0.2, 0.25) is 0 Å². The van der Waals surface area contributed by atoms with Crippen LogP contribution in [0.25, 0.3) is 0 Å². The van der Waals surface area contributed by atoms with Crippen LogP contribution < -0.4 is 4.72 Å². The van der Waals surface area contributed by atoms with E-state index in [4.69, 9.17) is 0 Å². The Balaban J connectivity index is 2.66. The highest BCUT2D eigenvalue weighted by Gasteiger charge is 2.18. The first-order chi connectivity index (χ1) is 7.41. The summed E-state index contributed by atoms with van der Waals surface area (Å²) in [6.07, 6.45) is -1.20. The van der Waals surface area contributed by atoms with Crippen molar-refractivity contribution in [1.29, 1.82) is 0 Å². The Bertz CT molecular complexity index is 417. The summed E-state index contributed by atoms with van der Waals surface area (Å²) in [4.78, 5) is 0. The molecule has 1 unspecified atom stereocenters. The van der Waals surface area contributed by atoms with Crippen molar-refractivity contribution in [2.24, 2.45) is 0 Å². The lowest BCUT2D eigenvalue weighted by molar-refractivity contribution is 0.303. The zero-order valence-corrected chi connectivity index (χ0v) is 10.2. The largest absolute Gasteiger partial charge is 0.246 e. The van der Waals surface area contributed by atoms with Gasteiger partial charge in [-0.05, 0) is 19.4 Å². The Morgan fingerprint density at radius 3 is 2.31 bits per heavy atom. The average Bonchev–Trinajstić information content (AvgIpc) is 2.17. The molecule has 2 atom stereocenters. The van der Waals surface area contributed by atoms with Crippen molar-refractivity contribution in [2.75, 3.05) is 0 Å². The van der Waals surface area contributed by atoms with Gasteiger partial charge in [0.2, 0.25) is 10.0 Å². The maximum absolute atomic E-state index is 12.8. The molecule has 3 nitrogen and oxygen atoms in total. The van der Waals surface area contributed by atoms with E-state index in [1.54, 1.807) is 24.3 Å². The lowest BCUT2D eigenvalue weighted by Gasteiger charge is -2.15. The fourth-order valence-electron chi connectivity index (χ4n) is 1.21. The quantitative estimate of drug-likeness (QED) is 0.860. The first-order valence-corrected chi connectivity index (χ1v) is 6.74. The van der Waals surface area contributed by atoms with E-state index >= 15 is 0 Å². The molecular formula is C11H16FNO2S. The van der Waals surface area contributed by atoms with Crippen LogP contribution in [0.15, 0.2) is 30.3 Å².